The molecule has 2 atom stereocenters. The number of morpholine rings is 1. The number of anilines is 1. The van der Waals surface area contributed by atoms with E-state index in [1.807, 2.05) is 18.3 Å². The van der Waals surface area contributed by atoms with Crippen molar-refractivity contribution in [1.82, 2.24) is 25.2 Å². The third-order valence-electron chi connectivity index (χ3n) is 7.12. The van der Waals surface area contributed by atoms with E-state index in [4.69, 9.17) is 19.1 Å². The van der Waals surface area contributed by atoms with Gasteiger partial charge in [0.2, 0.25) is 0 Å². The summed E-state index contributed by atoms with van der Waals surface area (Å²) in [5.41, 5.74) is 2.85. The number of rotatable bonds is 4. The Morgan fingerprint density at radius 2 is 2.06 bits per heavy atom. The summed E-state index contributed by atoms with van der Waals surface area (Å²) in [7, 11) is 0. The molecule has 6 heterocycles. The average molecular weight is 449 g/mol. The maximum atomic E-state index is 14.4. The summed E-state index contributed by atoms with van der Waals surface area (Å²) in [6, 6.07) is 8.12. The Morgan fingerprint density at radius 1 is 1.15 bits per heavy atom. The molecule has 3 aliphatic rings. The second-order valence-corrected chi connectivity index (χ2v) is 9.21. The van der Waals surface area contributed by atoms with Crippen molar-refractivity contribution in [2.75, 3.05) is 44.3 Å². The lowest BCUT2D eigenvalue weighted by molar-refractivity contribution is 0.122. The zero-order valence-electron chi connectivity index (χ0n) is 18.2. The van der Waals surface area contributed by atoms with E-state index < -0.39 is 0 Å². The molecule has 1 aromatic carbocycles. The van der Waals surface area contributed by atoms with Gasteiger partial charge in [-0.05, 0) is 24.6 Å². The van der Waals surface area contributed by atoms with Crippen LogP contribution in [0.2, 0.25) is 0 Å². The highest BCUT2D eigenvalue weighted by Crippen LogP contribution is 2.34. The molecular weight excluding hydrogens is 423 g/mol. The summed E-state index contributed by atoms with van der Waals surface area (Å²) < 4.78 is 26.3. The largest absolute Gasteiger partial charge is 0.454 e. The zero-order valence-corrected chi connectivity index (χ0v) is 18.2. The Bertz CT molecular complexity index is 1340. The molecule has 4 aromatic rings. The fourth-order valence-corrected chi connectivity index (χ4v) is 5.51. The van der Waals surface area contributed by atoms with Crippen LogP contribution in [0.15, 0.2) is 34.9 Å². The van der Waals surface area contributed by atoms with Gasteiger partial charge in [-0.15, -0.1) is 0 Å². The summed E-state index contributed by atoms with van der Waals surface area (Å²) in [6.45, 7) is 5.58. The van der Waals surface area contributed by atoms with Crippen molar-refractivity contribution in [3.05, 3.63) is 42.0 Å². The van der Waals surface area contributed by atoms with E-state index in [1.54, 1.807) is 0 Å². The lowest BCUT2D eigenvalue weighted by Crippen LogP contribution is -2.42. The molecule has 7 rings (SSSR count). The number of halogens is 1. The summed E-state index contributed by atoms with van der Waals surface area (Å²) in [5, 5.41) is 4.44. The summed E-state index contributed by atoms with van der Waals surface area (Å²) in [4.78, 5) is 17.5. The quantitative estimate of drug-likeness (QED) is 0.497. The maximum Gasteiger partial charge on any atom is 0.195 e. The maximum absolute atomic E-state index is 14.4. The first-order valence-corrected chi connectivity index (χ1v) is 11.6. The second-order valence-electron chi connectivity index (χ2n) is 9.21. The van der Waals surface area contributed by atoms with Crippen LogP contribution < -0.4 is 10.2 Å². The van der Waals surface area contributed by atoms with Gasteiger partial charge in [0.25, 0.3) is 0 Å². The Morgan fingerprint density at radius 3 is 2.88 bits per heavy atom. The number of nitrogens with zero attached hydrogens (tertiary/aromatic N) is 4. The minimum Gasteiger partial charge on any atom is -0.454 e. The molecule has 8 nitrogen and oxygen atoms in total. The highest BCUT2D eigenvalue weighted by Gasteiger charge is 2.37. The number of likely N-dealkylation sites (tertiary alicyclic amines) is 1. The predicted molar refractivity (Wildman–Crippen MR) is 123 cm³/mol. The molecule has 2 N–H and O–H groups in total. The average Bonchev–Trinajstić information content (AvgIpc) is 3.62. The minimum atomic E-state index is -0.317. The van der Waals surface area contributed by atoms with Gasteiger partial charge in [0.05, 0.1) is 19.8 Å². The van der Waals surface area contributed by atoms with Crippen molar-refractivity contribution >= 4 is 27.8 Å². The third-order valence-corrected chi connectivity index (χ3v) is 7.12. The molecule has 3 saturated heterocycles. The molecule has 0 aliphatic carbocycles. The van der Waals surface area contributed by atoms with Gasteiger partial charge in [0.15, 0.2) is 17.2 Å². The Kier molecular flexibility index (Phi) is 4.43. The van der Waals surface area contributed by atoms with Gasteiger partial charge in [0, 0.05) is 67.0 Å². The SMILES string of the molecule is Fc1cc(-c2nc(N3CCOCC3)c3oc(CN4C[C@@H]5C[C@H]4CN5)cc3n2)c2cc[nH]c2c1. The number of fused-ring (bicyclic) bond motifs is 4. The number of hydrogen-bond acceptors (Lipinski definition) is 7. The van der Waals surface area contributed by atoms with E-state index in [0.717, 1.165) is 60.7 Å². The Balaban J connectivity index is 1.34. The number of benzene rings is 1. The van der Waals surface area contributed by atoms with E-state index >= 15 is 0 Å². The third kappa shape index (κ3) is 3.30. The molecule has 0 amide bonds. The van der Waals surface area contributed by atoms with E-state index in [-0.39, 0.29) is 5.82 Å². The molecule has 0 saturated carbocycles. The van der Waals surface area contributed by atoms with Crippen LogP contribution in [0.1, 0.15) is 12.2 Å². The van der Waals surface area contributed by atoms with Crippen molar-refractivity contribution in [3.63, 3.8) is 0 Å². The molecular formula is C24H25FN6O2. The Hall–Kier alpha value is -3.01. The summed E-state index contributed by atoms with van der Waals surface area (Å²) >= 11 is 0. The number of hydrogen-bond donors (Lipinski definition) is 2. The topological polar surface area (TPSA) is 82.4 Å². The van der Waals surface area contributed by atoms with E-state index in [9.17, 15) is 4.39 Å². The van der Waals surface area contributed by atoms with Crippen LogP contribution in [0.3, 0.4) is 0 Å². The fourth-order valence-electron chi connectivity index (χ4n) is 5.51. The fraction of sp³-hybridized carbons (Fsp3) is 0.417. The van der Waals surface area contributed by atoms with E-state index in [0.29, 0.717) is 42.3 Å². The van der Waals surface area contributed by atoms with Crippen molar-refractivity contribution in [1.29, 1.82) is 0 Å². The minimum absolute atomic E-state index is 0.317. The Labute approximate surface area is 189 Å². The van der Waals surface area contributed by atoms with Crippen LogP contribution in [-0.4, -0.2) is 71.3 Å². The predicted octanol–water partition coefficient (Wildman–Crippen LogP) is 2.89. The second kappa shape index (κ2) is 7.51. The molecule has 9 heteroatoms. The van der Waals surface area contributed by atoms with Crippen LogP contribution >= 0.6 is 0 Å². The van der Waals surface area contributed by atoms with Gasteiger partial charge in [-0.25, -0.2) is 14.4 Å². The first-order valence-electron chi connectivity index (χ1n) is 11.6. The lowest BCUT2D eigenvalue weighted by Gasteiger charge is -2.28. The highest BCUT2D eigenvalue weighted by molar-refractivity contribution is 5.95. The number of aromatic nitrogens is 3. The van der Waals surface area contributed by atoms with Gasteiger partial charge < -0.3 is 24.4 Å². The highest BCUT2D eigenvalue weighted by atomic mass is 19.1. The molecule has 170 valence electrons. The van der Waals surface area contributed by atoms with Crippen molar-refractivity contribution in [3.8, 4) is 11.4 Å². The smallest absolute Gasteiger partial charge is 0.195 e. The molecule has 3 aromatic heterocycles. The van der Waals surface area contributed by atoms with Crippen molar-refractivity contribution in [2.24, 2.45) is 0 Å². The van der Waals surface area contributed by atoms with Crippen molar-refractivity contribution < 1.29 is 13.5 Å². The van der Waals surface area contributed by atoms with Gasteiger partial charge in [-0.1, -0.05) is 0 Å². The molecule has 3 fully saturated rings. The van der Waals surface area contributed by atoms with Crippen LogP contribution in [0.5, 0.6) is 0 Å². The number of H-pyrrole nitrogens is 1. The van der Waals surface area contributed by atoms with Crippen LogP contribution in [0.4, 0.5) is 10.2 Å². The van der Waals surface area contributed by atoms with Crippen LogP contribution in [-0.2, 0) is 11.3 Å². The monoisotopic (exact) mass is 448 g/mol. The normalized spacial score (nSPS) is 23.4. The zero-order chi connectivity index (χ0) is 21.9. The first-order chi connectivity index (χ1) is 16.2. The first kappa shape index (κ1) is 19.5. The van der Waals surface area contributed by atoms with E-state index in [2.05, 4.69) is 20.1 Å². The molecule has 0 unspecified atom stereocenters. The number of ether oxygens (including phenoxy) is 1. The number of furan rings is 1. The molecule has 0 radical (unpaired) electrons. The number of aromatic amines is 1. The molecule has 33 heavy (non-hydrogen) atoms. The molecule has 2 bridgehead atoms. The van der Waals surface area contributed by atoms with Crippen LogP contribution in [0, 0.1) is 5.82 Å². The molecule has 0 spiro atoms. The van der Waals surface area contributed by atoms with Crippen molar-refractivity contribution in [2.45, 2.75) is 25.0 Å². The van der Waals surface area contributed by atoms with Gasteiger partial charge in [-0.2, -0.15) is 0 Å². The van der Waals surface area contributed by atoms with E-state index in [1.165, 1.54) is 18.6 Å². The van der Waals surface area contributed by atoms with Gasteiger partial charge >= 0.3 is 0 Å². The molecule has 3 aliphatic heterocycles. The summed E-state index contributed by atoms with van der Waals surface area (Å²) in [6.07, 6.45) is 3.01. The lowest BCUT2D eigenvalue weighted by atomic mass is 10.1. The summed E-state index contributed by atoms with van der Waals surface area (Å²) in [5.74, 6) is 1.83. The standard InChI is InChI=1S/C24H25FN6O2/c25-14-7-19(18-1-2-26-20(18)8-14)23-28-21-10-17(13-31-12-15-9-16(31)11-27-15)33-22(21)24(29-23)30-3-5-32-6-4-30/h1-2,7-8,10,15-16,26-27H,3-6,9,11-13H2/t15-,16-/m0/s1. The van der Waals surface area contributed by atoms with Gasteiger partial charge in [0.1, 0.15) is 17.1 Å². The van der Waals surface area contributed by atoms with Gasteiger partial charge in [-0.3, -0.25) is 4.90 Å². The number of piperazine rings is 1. The van der Waals surface area contributed by atoms with Crippen LogP contribution in [0.25, 0.3) is 33.4 Å². The number of nitrogens with one attached hydrogen (secondary N) is 2.